The number of hydrogen-bond donors (Lipinski definition) is 2. The van der Waals surface area contributed by atoms with Crippen LogP contribution in [0.1, 0.15) is 70.8 Å². The van der Waals surface area contributed by atoms with E-state index in [0.717, 1.165) is 52.6 Å². The van der Waals surface area contributed by atoms with E-state index in [1.807, 2.05) is 48.7 Å². The summed E-state index contributed by atoms with van der Waals surface area (Å²) < 4.78 is 8.38. The third-order valence-corrected chi connectivity index (χ3v) is 8.29. The lowest BCUT2D eigenvalue weighted by atomic mass is 9.96. The summed E-state index contributed by atoms with van der Waals surface area (Å²) in [5.41, 5.74) is 6.30. The van der Waals surface area contributed by atoms with E-state index in [-0.39, 0.29) is 17.6 Å². The van der Waals surface area contributed by atoms with Crippen molar-refractivity contribution in [3.8, 4) is 11.4 Å². The molecule has 0 amide bonds. The molecule has 3 heterocycles. The van der Waals surface area contributed by atoms with E-state index in [1.165, 1.54) is 12.8 Å². The summed E-state index contributed by atoms with van der Waals surface area (Å²) in [6.45, 7) is 4.17. The van der Waals surface area contributed by atoms with Crippen LogP contribution in [0.25, 0.3) is 5.69 Å². The average Bonchev–Trinajstić information content (AvgIpc) is 3.67. The zero-order valence-corrected chi connectivity index (χ0v) is 23.4. The number of aromatic carboxylic acids is 1. The van der Waals surface area contributed by atoms with Crippen LogP contribution in [0.2, 0.25) is 0 Å². The molecule has 8 heteroatoms. The van der Waals surface area contributed by atoms with Crippen molar-refractivity contribution in [2.45, 2.75) is 57.7 Å². The Morgan fingerprint density at radius 3 is 2.35 bits per heavy atom. The number of nitrogens with one attached hydrogen (secondary N) is 1. The lowest BCUT2D eigenvalue weighted by molar-refractivity contribution is 0.0697. The maximum absolute atomic E-state index is 11.4. The summed E-state index contributed by atoms with van der Waals surface area (Å²) in [6.07, 6.45) is 6.80. The maximum atomic E-state index is 11.4. The number of hydrogen-bond acceptors (Lipinski definition) is 4. The first-order chi connectivity index (χ1) is 19.4. The van der Waals surface area contributed by atoms with E-state index in [4.69, 9.17) is 17.0 Å². The number of carboxylic acids is 1. The molecule has 2 aliphatic rings. The zero-order valence-electron chi connectivity index (χ0n) is 22.6. The number of rotatable bonds is 7. The lowest BCUT2D eigenvalue weighted by Gasteiger charge is -2.28. The highest BCUT2D eigenvalue weighted by molar-refractivity contribution is 7.80. The van der Waals surface area contributed by atoms with Gasteiger partial charge in [0.05, 0.1) is 29.4 Å². The molecule has 2 aromatic carbocycles. The second-order valence-electron chi connectivity index (χ2n) is 10.5. The molecule has 40 heavy (non-hydrogen) atoms. The van der Waals surface area contributed by atoms with E-state index in [0.29, 0.717) is 11.2 Å². The number of pyridine rings is 1. The number of nitrogens with zero attached hydrogens (tertiary/aromatic N) is 3. The van der Waals surface area contributed by atoms with Crippen molar-refractivity contribution in [2.24, 2.45) is 0 Å². The van der Waals surface area contributed by atoms with Crippen LogP contribution in [-0.4, -0.2) is 31.8 Å². The van der Waals surface area contributed by atoms with Crippen molar-refractivity contribution in [1.29, 1.82) is 0 Å². The summed E-state index contributed by atoms with van der Waals surface area (Å²) in [4.78, 5) is 18.3. The van der Waals surface area contributed by atoms with Crippen LogP contribution < -0.4 is 15.0 Å². The van der Waals surface area contributed by atoms with Gasteiger partial charge in [0.2, 0.25) is 0 Å². The molecule has 6 rings (SSSR count). The van der Waals surface area contributed by atoms with Crippen molar-refractivity contribution in [1.82, 2.24) is 14.9 Å². The summed E-state index contributed by atoms with van der Waals surface area (Å²) in [5.74, 6) is -0.0539. The summed E-state index contributed by atoms with van der Waals surface area (Å²) >= 11 is 5.93. The molecule has 1 aliphatic carbocycles. The molecule has 2 atom stereocenters. The normalized spacial score (nSPS) is 19.1. The quantitative estimate of drug-likeness (QED) is 0.247. The lowest BCUT2D eigenvalue weighted by Crippen LogP contribution is -2.29. The number of anilines is 1. The molecule has 7 nitrogen and oxygen atoms in total. The molecule has 2 N–H and O–H groups in total. The van der Waals surface area contributed by atoms with Crippen molar-refractivity contribution in [2.75, 3.05) is 4.90 Å². The first-order valence-corrected chi connectivity index (χ1v) is 14.1. The third-order valence-electron chi connectivity index (χ3n) is 7.98. The highest BCUT2D eigenvalue weighted by Gasteiger charge is 2.42. The van der Waals surface area contributed by atoms with E-state index in [2.05, 4.69) is 51.8 Å². The fourth-order valence-corrected chi connectivity index (χ4v) is 6.42. The number of carbonyl (C=O) groups is 1. The third kappa shape index (κ3) is 4.84. The molecule has 0 bridgehead atoms. The van der Waals surface area contributed by atoms with Gasteiger partial charge in [0, 0.05) is 29.0 Å². The standard InChI is InChI=1S/C32H32N4O3S/c1-20-19-27(21(2)35(20)23-12-10-22(11-13-23)31(37)38)30-29(28-9-5-6-18-33-28)34-32(40)36(30)24-14-16-26(17-15-24)39-25-7-3-4-8-25/h5-6,9-19,25,29-30H,3-4,7-8H2,1-2H3,(H,34,40)(H,37,38)/t29-,30-/m1/s1. The number of carboxylic acid groups (broad SMARTS) is 1. The molecule has 0 spiro atoms. The Kier molecular flexibility index (Phi) is 7.02. The van der Waals surface area contributed by atoms with Crippen molar-refractivity contribution in [3.63, 3.8) is 0 Å². The number of ether oxygens (including phenoxy) is 1. The minimum Gasteiger partial charge on any atom is -0.490 e. The smallest absolute Gasteiger partial charge is 0.335 e. The number of aryl methyl sites for hydroxylation is 1. The fraction of sp³-hybridized carbons (Fsp3) is 0.281. The Morgan fingerprint density at radius 2 is 1.70 bits per heavy atom. The van der Waals surface area contributed by atoms with Crippen LogP contribution in [-0.2, 0) is 0 Å². The Labute approximate surface area is 239 Å². The first kappa shape index (κ1) is 26.1. The molecule has 0 unspecified atom stereocenters. The van der Waals surface area contributed by atoms with E-state index in [9.17, 15) is 9.90 Å². The van der Waals surface area contributed by atoms with Gasteiger partial charge in [-0.15, -0.1) is 0 Å². The van der Waals surface area contributed by atoms with E-state index < -0.39 is 5.97 Å². The largest absolute Gasteiger partial charge is 0.490 e. The second kappa shape index (κ2) is 10.8. The van der Waals surface area contributed by atoms with Crippen molar-refractivity contribution < 1.29 is 14.6 Å². The monoisotopic (exact) mass is 552 g/mol. The van der Waals surface area contributed by atoms with Gasteiger partial charge in [-0.25, -0.2) is 4.79 Å². The average molecular weight is 553 g/mol. The molecule has 1 saturated carbocycles. The van der Waals surface area contributed by atoms with Crippen LogP contribution in [0.5, 0.6) is 5.75 Å². The predicted octanol–water partition coefficient (Wildman–Crippen LogP) is 6.69. The molecule has 1 saturated heterocycles. The molecular formula is C32H32N4O3S. The Hall–Kier alpha value is -4.17. The fourth-order valence-electron chi connectivity index (χ4n) is 6.07. The van der Waals surface area contributed by atoms with Gasteiger partial charge >= 0.3 is 5.97 Å². The molecule has 2 fully saturated rings. The van der Waals surface area contributed by atoms with Crippen molar-refractivity contribution >= 4 is 29.0 Å². The molecule has 4 aromatic rings. The molecule has 1 aliphatic heterocycles. The van der Waals surface area contributed by atoms with Crippen LogP contribution in [0.4, 0.5) is 5.69 Å². The summed E-state index contributed by atoms with van der Waals surface area (Å²) in [7, 11) is 0. The number of thiocarbonyl (C=S) groups is 1. The van der Waals surface area contributed by atoms with Gasteiger partial charge < -0.3 is 24.6 Å². The summed E-state index contributed by atoms with van der Waals surface area (Å²) in [5, 5.41) is 13.5. The van der Waals surface area contributed by atoms with Crippen LogP contribution in [0.15, 0.2) is 79.0 Å². The maximum Gasteiger partial charge on any atom is 0.335 e. The van der Waals surface area contributed by atoms with E-state index in [1.54, 1.807) is 12.1 Å². The van der Waals surface area contributed by atoms with Gasteiger partial charge in [-0.2, -0.15) is 0 Å². The Bertz CT molecular complexity index is 1530. The highest BCUT2D eigenvalue weighted by atomic mass is 32.1. The minimum atomic E-state index is -0.938. The van der Waals surface area contributed by atoms with Gasteiger partial charge in [-0.05, 0) is 124 Å². The van der Waals surface area contributed by atoms with Crippen LogP contribution in [0.3, 0.4) is 0 Å². The van der Waals surface area contributed by atoms with Gasteiger partial charge in [0.15, 0.2) is 5.11 Å². The first-order valence-electron chi connectivity index (χ1n) is 13.7. The number of benzene rings is 2. The minimum absolute atomic E-state index is 0.151. The van der Waals surface area contributed by atoms with Crippen LogP contribution >= 0.6 is 12.2 Å². The summed E-state index contributed by atoms with van der Waals surface area (Å²) in [6, 6.07) is 23.0. The van der Waals surface area contributed by atoms with Crippen molar-refractivity contribution in [3.05, 3.63) is 107 Å². The van der Waals surface area contributed by atoms with E-state index >= 15 is 0 Å². The highest BCUT2D eigenvalue weighted by Crippen LogP contribution is 2.44. The molecule has 204 valence electrons. The molecule has 2 aromatic heterocycles. The zero-order chi connectivity index (χ0) is 27.8. The van der Waals surface area contributed by atoms with Gasteiger partial charge in [-0.1, -0.05) is 6.07 Å². The molecule has 0 radical (unpaired) electrons. The van der Waals surface area contributed by atoms with Gasteiger partial charge in [0.1, 0.15) is 5.75 Å². The Morgan fingerprint density at radius 1 is 1.00 bits per heavy atom. The second-order valence-corrected chi connectivity index (χ2v) is 10.9. The van der Waals surface area contributed by atoms with Gasteiger partial charge in [-0.3, -0.25) is 4.98 Å². The topological polar surface area (TPSA) is 79.6 Å². The Balaban J connectivity index is 1.40. The van der Waals surface area contributed by atoms with Gasteiger partial charge in [0.25, 0.3) is 0 Å². The van der Waals surface area contributed by atoms with Crippen LogP contribution in [0, 0.1) is 13.8 Å². The SMILES string of the molecule is Cc1cc([C@@H]2[C@@H](c3ccccn3)NC(=S)N2c2ccc(OC3CCCC3)cc2)c(C)n1-c1ccc(C(=O)O)cc1. The predicted molar refractivity (Wildman–Crippen MR) is 159 cm³/mol. The molecular weight excluding hydrogens is 520 g/mol. The number of aromatic nitrogens is 2.